The van der Waals surface area contributed by atoms with Crippen LogP contribution in [0.15, 0.2) is 0 Å². The van der Waals surface area contributed by atoms with Crippen LogP contribution >= 0.6 is 0 Å². The number of hydrogen-bond donors (Lipinski definition) is 1. The molecule has 66 valence electrons. The monoisotopic (exact) mass is 155 g/mol. The Morgan fingerprint density at radius 1 is 1.27 bits per heavy atom. The predicted molar refractivity (Wildman–Crippen MR) is 49.3 cm³/mol. The van der Waals surface area contributed by atoms with Crippen molar-refractivity contribution in [3.05, 3.63) is 0 Å². The molecule has 11 heavy (non-hydrogen) atoms. The first-order valence-electron chi connectivity index (χ1n) is 4.87. The highest BCUT2D eigenvalue weighted by atomic mass is 14.7. The first-order chi connectivity index (χ1) is 5.11. The predicted octanol–water partition coefficient (Wildman–Crippen LogP) is 2.41. The lowest BCUT2D eigenvalue weighted by Gasteiger charge is -2.33. The lowest BCUT2D eigenvalue weighted by atomic mass is 9.75. The van der Waals surface area contributed by atoms with Crippen molar-refractivity contribution in [2.75, 3.05) is 0 Å². The molecule has 3 atom stereocenters. The van der Waals surface area contributed by atoms with E-state index in [-0.39, 0.29) is 0 Å². The van der Waals surface area contributed by atoms with E-state index < -0.39 is 0 Å². The summed E-state index contributed by atoms with van der Waals surface area (Å²) in [4.78, 5) is 0. The van der Waals surface area contributed by atoms with Gasteiger partial charge in [-0.05, 0) is 37.0 Å². The molecule has 1 heteroatoms. The van der Waals surface area contributed by atoms with Crippen LogP contribution in [0, 0.1) is 17.8 Å². The molecule has 0 aliphatic heterocycles. The smallest absolute Gasteiger partial charge is 0.00672 e. The normalized spacial score (nSPS) is 39.5. The van der Waals surface area contributed by atoms with E-state index in [0.29, 0.717) is 6.04 Å². The second kappa shape index (κ2) is 3.57. The van der Waals surface area contributed by atoms with Crippen molar-refractivity contribution in [3.63, 3.8) is 0 Å². The molecule has 0 aromatic carbocycles. The molecule has 1 rings (SSSR count). The molecule has 2 unspecified atom stereocenters. The van der Waals surface area contributed by atoms with Gasteiger partial charge in [-0.2, -0.15) is 0 Å². The Hall–Kier alpha value is -0.0400. The molecule has 0 heterocycles. The fourth-order valence-corrected chi connectivity index (χ4v) is 2.00. The maximum absolute atomic E-state index is 6.01. The average molecular weight is 155 g/mol. The first kappa shape index (κ1) is 9.05. The zero-order valence-electron chi connectivity index (χ0n) is 8.01. The molecule has 1 aliphatic rings. The number of rotatable bonds is 1. The minimum absolute atomic E-state index is 0.469. The molecule has 1 saturated carbocycles. The maximum Gasteiger partial charge on any atom is 0.00672 e. The van der Waals surface area contributed by atoms with Crippen molar-refractivity contribution in [2.24, 2.45) is 23.5 Å². The Balaban J connectivity index is 2.40. The van der Waals surface area contributed by atoms with E-state index in [0.717, 1.165) is 17.8 Å². The van der Waals surface area contributed by atoms with Crippen molar-refractivity contribution < 1.29 is 0 Å². The van der Waals surface area contributed by atoms with Gasteiger partial charge in [-0.1, -0.05) is 20.8 Å². The topological polar surface area (TPSA) is 26.0 Å². The Morgan fingerprint density at radius 2 is 1.91 bits per heavy atom. The van der Waals surface area contributed by atoms with Crippen molar-refractivity contribution in [1.82, 2.24) is 0 Å². The zero-order valence-corrected chi connectivity index (χ0v) is 8.01. The van der Waals surface area contributed by atoms with Gasteiger partial charge in [-0.3, -0.25) is 0 Å². The van der Waals surface area contributed by atoms with Gasteiger partial charge in [0.15, 0.2) is 0 Å². The summed E-state index contributed by atoms with van der Waals surface area (Å²) < 4.78 is 0. The van der Waals surface area contributed by atoms with E-state index in [4.69, 9.17) is 5.73 Å². The van der Waals surface area contributed by atoms with E-state index in [1.54, 1.807) is 0 Å². The fraction of sp³-hybridized carbons (Fsp3) is 1.00. The van der Waals surface area contributed by atoms with E-state index in [9.17, 15) is 0 Å². The summed E-state index contributed by atoms with van der Waals surface area (Å²) in [6.45, 7) is 6.90. The largest absolute Gasteiger partial charge is 0.327 e. The lowest BCUT2D eigenvalue weighted by Crippen LogP contribution is -2.36. The average Bonchev–Trinajstić information content (AvgIpc) is 1.94. The van der Waals surface area contributed by atoms with Crippen LogP contribution in [-0.4, -0.2) is 6.04 Å². The molecule has 2 N–H and O–H groups in total. The lowest BCUT2D eigenvalue weighted by molar-refractivity contribution is 0.206. The van der Waals surface area contributed by atoms with Gasteiger partial charge in [0.25, 0.3) is 0 Å². The third kappa shape index (κ3) is 2.19. The van der Waals surface area contributed by atoms with Crippen LogP contribution in [0.25, 0.3) is 0 Å². The van der Waals surface area contributed by atoms with Gasteiger partial charge in [-0.25, -0.2) is 0 Å². The van der Waals surface area contributed by atoms with Crippen molar-refractivity contribution in [1.29, 1.82) is 0 Å². The second-order valence-corrected chi connectivity index (χ2v) is 4.46. The van der Waals surface area contributed by atoms with E-state index in [2.05, 4.69) is 20.8 Å². The summed E-state index contributed by atoms with van der Waals surface area (Å²) in [6, 6.07) is 0.469. The molecule has 1 nitrogen and oxygen atoms in total. The standard InChI is InChI=1S/C10H21N/c1-7(2)9-5-4-8(3)10(11)6-9/h7-10H,4-6,11H2,1-3H3/t8?,9?,10-/m0/s1. The van der Waals surface area contributed by atoms with Gasteiger partial charge in [0.05, 0.1) is 0 Å². The van der Waals surface area contributed by atoms with Gasteiger partial charge in [0, 0.05) is 6.04 Å². The fourth-order valence-electron chi connectivity index (χ4n) is 2.00. The zero-order chi connectivity index (χ0) is 8.43. The summed E-state index contributed by atoms with van der Waals surface area (Å²) in [5, 5.41) is 0. The molecule has 0 bridgehead atoms. The minimum atomic E-state index is 0.469. The van der Waals surface area contributed by atoms with Crippen LogP contribution in [0.3, 0.4) is 0 Å². The van der Waals surface area contributed by atoms with Crippen molar-refractivity contribution in [3.8, 4) is 0 Å². The SMILES string of the molecule is CC(C)C1CCC(C)[C@@H](N)C1. The Labute approximate surface area is 70.4 Å². The third-order valence-corrected chi connectivity index (χ3v) is 3.24. The van der Waals surface area contributed by atoms with Gasteiger partial charge in [-0.15, -0.1) is 0 Å². The minimum Gasteiger partial charge on any atom is -0.327 e. The summed E-state index contributed by atoms with van der Waals surface area (Å²) in [6.07, 6.45) is 3.98. The quantitative estimate of drug-likeness (QED) is 0.618. The molecule has 0 aromatic heterocycles. The second-order valence-electron chi connectivity index (χ2n) is 4.46. The molecule has 1 fully saturated rings. The van der Waals surface area contributed by atoms with Gasteiger partial charge >= 0.3 is 0 Å². The Morgan fingerprint density at radius 3 is 2.36 bits per heavy atom. The Bertz CT molecular complexity index is 120. The molecule has 0 radical (unpaired) electrons. The van der Waals surface area contributed by atoms with Crippen LogP contribution in [0.1, 0.15) is 40.0 Å². The van der Waals surface area contributed by atoms with Crippen molar-refractivity contribution in [2.45, 2.75) is 46.1 Å². The summed E-state index contributed by atoms with van der Waals surface area (Å²) in [5.41, 5.74) is 6.01. The van der Waals surface area contributed by atoms with Crippen LogP contribution in [-0.2, 0) is 0 Å². The van der Waals surface area contributed by atoms with Gasteiger partial charge < -0.3 is 5.73 Å². The van der Waals surface area contributed by atoms with E-state index >= 15 is 0 Å². The van der Waals surface area contributed by atoms with E-state index in [1.807, 2.05) is 0 Å². The van der Waals surface area contributed by atoms with Crippen molar-refractivity contribution >= 4 is 0 Å². The summed E-state index contributed by atoms with van der Waals surface area (Å²) >= 11 is 0. The summed E-state index contributed by atoms with van der Waals surface area (Å²) in [7, 11) is 0. The van der Waals surface area contributed by atoms with E-state index in [1.165, 1.54) is 19.3 Å². The van der Waals surface area contributed by atoms with Crippen LogP contribution < -0.4 is 5.73 Å². The molecule has 1 aliphatic carbocycles. The third-order valence-electron chi connectivity index (χ3n) is 3.24. The van der Waals surface area contributed by atoms with Crippen LogP contribution in [0.4, 0.5) is 0 Å². The first-order valence-corrected chi connectivity index (χ1v) is 4.87. The highest BCUT2D eigenvalue weighted by Gasteiger charge is 2.26. The highest BCUT2D eigenvalue weighted by Crippen LogP contribution is 2.32. The number of nitrogens with two attached hydrogens (primary N) is 1. The van der Waals surface area contributed by atoms with Gasteiger partial charge in [0.2, 0.25) is 0 Å². The molecule has 0 amide bonds. The maximum atomic E-state index is 6.01. The molecule has 0 aromatic rings. The molecular weight excluding hydrogens is 134 g/mol. The Kier molecular flexibility index (Phi) is 2.94. The number of hydrogen-bond acceptors (Lipinski definition) is 1. The molecular formula is C10H21N. The summed E-state index contributed by atoms with van der Waals surface area (Å²) in [5.74, 6) is 2.47. The molecule has 0 spiro atoms. The van der Waals surface area contributed by atoms with Gasteiger partial charge in [0.1, 0.15) is 0 Å². The highest BCUT2D eigenvalue weighted by molar-refractivity contribution is 4.81. The molecule has 0 saturated heterocycles. The van der Waals surface area contributed by atoms with Crippen LogP contribution in [0.2, 0.25) is 0 Å². The van der Waals surface area contributed by atoms with Crippen LogP contribution in [0.5, 0.6) is 0 Å².